The number of carbonyl (C=O) groups excluding carboxylic acids is 1. The number of rotatable bonds is 9. The zero-order valence-electron chi connectivity index (χ0n) is 23.3. The van der Waals surface area contributed by atoms with E-state index in [1.165, 1.54) is 25.7 Å². The van der Waals surface area contributed by atoms with Gasteiger partial charge in [-0.05, 0) is 83.6 Å². The maximum absolute atomic E-state index is 14.0. The number of alkyl halides is 1. The first-order valence-corrected chi connectivity index (χ1v) is 14.8. The summed E-state index contributed by atoms with van der Waals surface area (Å²) in [6, 6.07) is 0.731. The number of hydrazine groups is 1. The molecule has 0 aromatic carbocycles. The largest absolute Gasteiger partial charge is 0.345 e. The Bertz CT molecular complexity index is 710. The van der Waals surface area contributed by atoms with Gasteiger partial charge in [-0.2, -0.15) is 0 Å². The molecule has 7 nitrogen and oxygen atoms in total. The fourth-order valence-electron chi connectivity index (χ4n) is 7.81. The Labute approximate surface area is 219 Å². The van der Waals surface area contributed by atoms with Crippen LogP contribution in [0.5, 0.6) is 0 Å². The zero-order chi connectivity index (χ0) is 25.8. The lowest BCUT2D eigenvalue weighted by Gasteiger charge is -2.47. The molecule has 2 saturated carbocycles. The van der Waals surface area contributed by atoms with Crippen molar-refractivity contribution in [3.05, 3.63) is 0 Å². The maximum atomic E-state index is 14.0. The van der Waals surface area contributed by atoms with Crippen molar-refractivity contribution in [3.63, 3.8) is 0 Å². The highest BCUT2D eigenvalue weighted by Gasteiger charge is 2.50. The number of amides is 1. The molecular weight excluding hydrogens is 455 g/mol. The summed E-state index contributed by atoms with van der Waals surface area (Å²) in [5, 5.41) is 6.38. The molecular formula is C28H53FN6O. The number of likely N-dealkylation sites (N-methyl/N-ethyl adjacent to an activating group) is 1. The summed E-state index contributed by atoms with van der Waals surface area (Å²) in [7, 11) is 4.15. The van der Waals surface area contributed by atoms with Gasteiger partial charge in [-0.15, -0.1) is 0 Å². The van der Waals surface area contributed by atoms with Crippen molar-refractivity contribution in [2.75, 3.05) is 46.8 Å². The van der Waals surface area contributed by atoms with E-state index in [1.54, 1.807) is 0 Å². The smallest absolute Gasteiger partial charge is 0.225 e. The van der Waals surface area contributed by atoms with Crippen molar-refractivity contribution in [1.29, 1.82) is 0 Å². The van der Waals surface area contributed by atoms with Crippen molar-refractivity contribution in [2.24, 2.45) is 35.3 Å². The predicted molar refractivity (Wildman–Crippen MR) is 144 cm³/mol. The van der Waals surface area contributed by atoms with Crippen molar-refractivity contribution in [3.8, 4) is 0 Å². The molecule has 0 aromatic rings. The summed E-state index contributed by atoms with van der Waals surface area (Å²) in [5.74, 6) is 2.19. The Kier molecular flexibility index (Phi) is 10.1. The SMILES string of the molecule is CC(C)N1NCC2C(C(=O)N(C)CC3CCCC(F)C3)CC(C3CCCC(CN(C)CCN)C3)NC21. The van der Waals surface area contributed by atoms with Crippen molar-refractivity contribution < 1.29 is 9.18 Å². The average Bonchev–Trinajstić information content (AvgIpc) is 3.28. The molecule has 8 atom stereocenters. The van der Waals surface area contributed by atoms with E-state index in [9.17, 15) is 9.18 Å². The fraction of sp³-hybridized carbons (Fsp3) is 0.964. The second kappa shape index (κ2) is 12.8. The third kappa shape index (κ3) is 6.79. The molecule has 2 heterocycles. The Balaban J connectivity index is 1.45. The van der Waals surface area contributed by atoms with Crippen LogP contribution in [-0.4, -0.2) is 92.0 Å². The van der Waals surface area contributed by atoms with Crippen LogP contribution in [0.25, 0.3) is 0 Å². The molecule has 4 aliphatic rings. The summed E-state index contributed by atoms with van der Waals surface area (Å²) < 4.78 is 14.0. The number of hydrogen-bond acceptors (Lipinski definition) is 6. The minimum atomic E-state index is -0.693. The van der Waals surface area contributed by atoms with Gasteiger partial charge < -0.3 is 15.5 Å². The van der Waals surface area contributed by atoms with E-state index in [0.29, 0.717) is 55.8 Å². The van der Waals surface area contributed by atoms with Crippen LogP contribution in [0.4, 0.5) is 4.39 Å². The normalized spacial score (nSPS) is 37.9. The molecule has 2 aliphatic heterocycles. The van der Waals surface area contributed by atoms with E-state index in [0.717, 1.165) is 38.9 Å². The molecule has 4 N–H and O–H groups in total. The molecule has 4 fully saturated rings. The lowest BCUT2D eigenvalue weighted by molar-refractivity contribution is -0.139. The first-order valence-electron chi connectivity index (χ1n) is 14.8. The summed E-state index contributed by atoms with van der Waals surface area (Å²) >= 11 is 0. The first-order chi connectivity index (χ1) is 17.3. The van der Waals surface area contributed by atoms with Gasteiger partial charge in [0, 0.05) is 63.7 Å². The molecule has 0 spiro atoms. The average molecular weight is 509 g/mol. The summed E-state index contributed by atoms with van der Waals surface area (Å²) in [6.45, 7) is 8.78. The van der Waals surface area contributed by atoms with Gasteiger partial charge in [0.1, 0.15) is 6.17 Å². The van der Waals surface area contributed by atoms with Gasteiger partial charge in [-0.3, -0.25) is 15.5 Å². The Morgan fingerprint density at radius 3 is 2.47 bits per heavy atom. The lowest BCUT2D eigenvalue weighted by Crippen LogP contribution is -2.62. The van der Waals surface area contributed by atoms with E-state index in [2.05, 4.69) is 41.5 Å². The van der Waals surface area contributed by atoms with Gasteiger partial charge in [-0.1, -0.05) is 12.8 Å². The second-order valence-electron chi connectivity index (χ2n) is 12.8. The van der Waals surface area contributed by atoms with Crippen molar-refractivity contribution in [2.45, 2.75) is 96.1 Å². The summed E-state index contributed by atoms with van der Waals surface area (Å²) in [6.07, 6.45) is 8.77. The van der Waals surface area contributed by atoms with Gasteiger partial charge in [-0.25, -0.2) is 9.40 Å². The number of hydrogen-bond donors (Lipinski definition) is 3. The quantitative estimate of drug-likeness (QED) is 0.445. The first kappa shape index (κ1) is 28.2. The van der Waals surface area contributed by atoms with Crippen LogP contribution in [0.3, 0.4) is 0 Å². The summed E-state index contributed by atoms with van der Waals surface area (Å²) in [5.41, 5.74) is 9.40. The van der Waals surface area contributed by atoms with Gasteiger partial charge >= 0.3 is 0 Å². The van der Waals surface area contributed by atoms with Gasteiger partial charge in [0.2, 0.25) is 5.91 Å². The molecule has 1 amide bonds. The molecule has 0 radical (unpaired) electrons. The minimum Gasteiger partial charge on any atom is -0.345 e. The van der Waals surface area contributed by atoms with E-state index in [1.807, 2.05) is 11.9 Å². The molecule has 0 aromatic heterocycles. The second-order valence-corrected chi connectivity index (χ2v) is 12.8. The highest BCUT2D eigenvalue weighted by atomic mass is 19.1. The molecule has 208 valence electrons. The monoisotopic (exact) mass is 508 g/mol. The molecule has 2 saturated heterocycles. The molecule has 8 unspecified atom stereocenters. The third-order valence-electron chi connectivity index (χ3n) is 9.60. The van der Waals surface area contributed by atoms with Gasteiger partial charge in [0.15, 0.2) is 0 Å². The Morgan fingerprint density at radius 1 is 1.06 bits per heavy atom. The van der Waals surface area contributed by atoms with Crippen LogP contribution in [0.2, 0.25) is 0 Å². The van der Waals surface area contributed by atoms with Crippen LogP contribution in [0.15, 0.2) is 0 Å². The van der Waals surface area contributed by atoms with E-state index in [4.69, 9.17) is 5.73 Å². The Hall–Kier alpha value is -0.800. The number of nitrogens with two attached hydrogens (primary N) is 1. The van der Waals surface area contributed by atoms with Crippen LogP contribution in [0, 0.1) is 29.6 Å². The van der Waals surface area contributed by atoms with Crippen LogP contribution >= 0.6 is 0 Å². The number of nitrogens with one attached hydrogen (secondary N) is 2. The van der Waals surface area contributed by atoms with E-state index in [-0.39, 0.29) is 23.9 Å². The van der Waals surface area contributed by atoms with Crippen LogP contribution in [0.1, 0.15) is 71.6 Å². The van der Waals surface area contributed by atoms with Crippen LogP contribution < -0.4 is 16.5 Å². The molecule has 36 heavy (non-hydrogen) atoms. The number of nitrogens with zero attached hydrogens (tertiary/aromatic N) is 3. The maximum Gasteiger partial charge on any atom is 0.225 e. The molecule has 0 bridgehead atoms. The van der Waals surface area contributed by atoms with Crippen molar-refractivity contribution >= 4 is 5.91 Å². The van der Waals surface area contributed by atoms with E-state index < -0.39 is 6.17 Å². The topological polar surface area (TPSA) is 76.9 Å². The highest BCUT2D eigenvalue weighted by molar-refractivity contribution is 5.79. The minimum absolute atomic E-state index is 0.0209. The predicted octanol–water partition coefficient (Wildman–Crippen LogP) is 2.82. The number of halogens is 1. The standard InChI is InChI=1S/C28H53FN6O/c1-19(2)35-27-25(16-31-35)24(28(36)34(4)18-21-8-6-10-23(29)14-21)15-26(32-27)22-9-5-7-20(13-22)17-33(3)12-11-30/h19-27,31-32H,5-18,30H2,1-4H3. The summed E-state index contributed by atoms with van der Waals surface area (Å²) in [4.78, 5) is 18.3. The number of fused-ring (bicyclic) bond motifs is 1. The van der Waals surface area contributed by atoms with Crippen LogP contribution in [-0.2, 0) is 4.79 Å². The van der Waals surface area contributed by atoms with Crippen molar-refractivity contribution in [1.82, 2.24) is 25.6 Å². The fourth-order valence-corrected chi connectivity index (χ4v) is 7.81. The van der Waals surface area contributed by atoms with Gasteiger partial charge in [0.25, 0.3) is 0 Å². The highest BCUT2D eigenvalue weighted by Crippen LogP contribution is 2.40. The molecule has 4 rings (SSSR count). The van der Waals surface area contributed by atoms with Gasteiger partial charge in [0.05, 0.1) is 6.17 Å². The lowest BCUT2D eigenvalue weighted by atomic mass is 9.71. The Morgan fingerprint density at radius 2 is 1.78 bits per heavy atom. The molecule has 8 heteroatoms. The molecule has 2 aliphatic carbocycles. The third-order valence-corrected chi connectivity index (χ3v) is 9.60. The zero-order valence-corrected chi connectivity index (χ0v) is 23.3. The number of carbonyl (C=O) groups is 1. The number of piperidine rings is 1. The van der Waals surface area contributed by atoms with E-state index >= 15 is 0 Å².